The average molecular weight is 265 g/mol. The number of amides is 1. The van der Waals surface area contributed by atoms with Crippen LogP contribution in [0.5, 0.6) is 0 Å². The second-order valence-electron chi connectivity index (χ2n) is 5.69. The summed E-state index contributed by atoms with van der Waals surface area (Å²) in [5.74, 6) is -1.14. The zero-order valence-corrected chi connectivity index (χ0v) is 11.3. The predicted molar refractivity (Wildman–Crippen MR) is 72.6 cm³/mol. The molecule has 0 spiro atoms. The number of carbonyl (C=O) groups excluding carboxylic acids is 1. The summed E-state index contributed by atoms with van der Waals surface area (Å²) >= 11 is 0. The monoisotopic (exact) mass is 265 g/mol. The number of nitrogens with one attached hydrogen (secondary N) is 1. The van der Waals surface area contributed by atoms with E-state index in [1.165, 1.54) is 0 Å². The van der Waals surface area contributed by atoms with Crippen LogP contribution < -0.4 is 5.32 Å². The molecule has 0 aromatic heterocycles. The van der Waals surface area contributed by atoms with Gasteiger partial charge in [0.25, 0.3) is 0 Å². The van der Waals surface area contributed by atoms with Gasteiger partial charge in [-0.3, -0.25) is 9.59 Å². The van der Waals surface area contributed by atoms with Gasteiger partial charge in [0.05, 0.1) is 5.92 Å². The molecular weight excluding hydrogens is 242 g/mol. The van der Waals surface area contributed by atoms with Crippen molar-refractivity contribution in [1.29, 1.82) is 0 Å². The zero-order chi connectivity index (χ0) is 13.7. The van der Waals surface area contributed by atoms with Gasteiger partial charge in [0, 0.05) is 12.0 Å². The van der Waals surface area contributed by atoms with Crippen molar-refractivity contribution >= 4 is 11.9 Å². The lowest BCUT2D eigenvalue weighted by molar-refractivity contribution is -0.143. The standard InChI is InChI=1S/C15H23NO3/c17-14(11-7-5-6-8-11)16-13-10-4-2-1-3-9-12(13)15(18)19/h5-6,11-13H,1-4,7-10H2,(H,16,17)(H,18,19). The van der Waals surface area contributed by atoms with Crippen LogP contribution in [0.3, 0.4) is 0 Å². The molecule has 0 aliphatic heterocycles. The van der Waals surface area contributed by atoms with Crippen LogP contribution in [0.25, 0.3) is 0 Å². The molecule has 2 atom stereocenters. The fourth-order valence-electron chi connectivity index (χ4n) is 3.08. The molecule has 4 nitrogen and oxygen atoms in total. The SMILES string of the molecule is O=C(NC1CCCCCCC1C(=O)O)C1CC=CC1. The molecule has 2 N–H and O–H groups in total. The summed E-state index contributed by atoms with van der Waals surface area (Å²) in [5, 5.41) is 12.3. The van der Waals surface area contributed by atoms with E-state index in [0.29, 0.717) is 6.42 Å². The summed E-state index contributed by atoms with van der Waals surface area (Å²) in [6.07, 6.45) is 11.3. The summed E-state index contributed by atoms with van der Waals surface area (Å²) < 4.78 is 0. The highest BCUT2D eigenvalue weighted by Crippen LogP contribution is 2.25. The van der Waals surface area contributed by atoms with Gasteiger partial charge in [-0.1, -0.05) is 37.8 Å². The number of allylic oxidation sites excluding steroid dienone is 2. The smallest absolute Gasteiger partial charge is 0.308 e. The fourth-order valence-corrected chi connectivity index (χ4v) is 3.08. The Balaban J connectivity index is 1.96. The number of hydrogen-bond donors (Lipinski definition) is 2. The first kappa shape index (κ1) is 14.1. The van der Waals surface area contributed by atoms with Gasteiger partial charge in [-0.2, -0.15) is 0 Å². The second-order valence-corrected chi connectivity index (χ2v) is 5.69. The van der Waals surface area contributed by atoms with E-state index in [1.54, 1.807) is 0 Å². The lowest BCUT2D eigenvalue weighted by Crippen LogP contribution is -2.45. The van der Waals surface area contributed by atoms with Gasteiger partial charge in [-0.05, 0) is 25.7 Å². The van der Waals surface area contributed by atoms with Crippen molar-refractivity contribution in [3.8, 4) is 0 Å². The summed E-state index contributed by atoms with van der Waals surface area (Å²) in [4.78, 5) is 23.5. The highest BCUT2D eigenvalue weighted by Gasteiger charge is 2.31. The van der Waals surface area contributed by atoms with E-state index in [1.807, 2.05) is 12.2 Å². The van der Waals surface area contributed by atoms with Crippen LogP contribution in [0.4, 0.5) is 0 Å². The summed E-state index contributed by atoms with van der Waals surface area (Å²) in [7, 11) is 0. The largest absolute Gasteiger partial charge is 0.481 e. The van der Waals surface area contributed by atoms with Crippen molar-refractivity contribution in [2.45, 2.75) is 57.4 Å². The van der Waals surface area contributed by atoms with Crippen molar-refractivity contribution in [1.82, 2.24) is 5.32 Å². The molecule has 2 unspecified atom stereocenters. The van der Waals surface area contributed by atoms with Gasteiger partial charge in [0.2, 0.25) is 5.91 Å². The van der Waals surface area contributed by atoms with Crippen molar-refractivity contribution in [3.63, 3.8) is 0 Å². The Labute approximate surface area is 114 Å². The summed E-state index contributed by atoms with van der Waals surface area (Å²) in [5.41, 5.74) is 0. The lowest BCUT2D eigenvalue weighted by atomic mass is 9.86. The third kappa shape index (κ3) is 3.82. The summed E-state index contributed by atoms with van der Waals surface area (Å²) in [6.45, 7) is 0. The molecule has 1 amide bonds. The number of rotatable bonds is 3. The first-order valence-electron chi connectivity index (χ1n) is 7.36. The molecule has 0 heterocycles. The zero-order valence-electron chi connectivity index (χ0n) is 11.3. The molecule has 0 radical (unpaired) electrons. The van der Waals surface area contributed by atoms with E-state index in [4.69, 9.17) is 0 Å². The van der Waals surface area contributed by atoms with Crippen molar-refractivity contribution in [2.24, 2.45) is 11.8 Å². The topological polar surface area (TPSA) is 66.4 Å². The minimum absolute atomic E-state index is 0.0138. The molecule has 2 rings (SSSR count). The van der Waals surface area contributed by atoms with Gasteiger partial charge in [0.1, 0.15) is 0 Å². The molecule has 19 heavy (non-hydrogen) atoms. The Morgan fingerprint density at radius 3 is 2.26 bits per heavy atom. The predicted octanol–water partition coefficient (Wildman–Crippen LogP) is 2.49. The van der Waals surface area contributed by atoms with Crippen molar-refractivity contribution in [2.75, 3.05) is 0 Å². The Bertz CT molecular complexity index is 356. The number of carboxylic acids is 1. The van der Waals surface area contributed by atoms with Gasteiger partial charge < -0.3 is 10.4 Å². The van der Waals surface area contributed by atoms with E-state index in [0.717, 1.165) is 44.9 Å². The number of hydrogen-bond acceptors (Lipinski definition) is 2. The average Bonchev–Trinajstić information content (AvgIpc) is 2.85. The minimum atomic E-state index is -0.767. The molecule has 0 aromatic carbocycles. The Morgan fingerprint density at radius 2 is 1.63 bits per heavy atom. The third-order valence-electron chi connectivity index (χ3n) is 4.29. The molecular formula is C15H23NO3. The minimum Gasteiger partial charge on any atom is -0.481 e. The van der Waals surface area contributed by atoms with Crippen molar-refractivity contribution in [3.05, 3.63) is 12.2 Å². The molecule has 0 saturated heterocycles. The van der Waals surface area contributed by atoms with E-state index in [-0.39, 0.29) is 17.9 Å². The Hall–Kier alpha value is -1.32. The van der Waals surface area contributed by atoms with Crippen LogP contribution in [0, 0.1) is 11.8 Å². The van der Waals surface area contributed by atoms with E-state index in [9.17, 15) is 14.7 Å². The van der Waals surface area contributed by atoms with Crippen molar-refractivity contribution < 1.29 is 14.7 Å². The first-order chi connectivity index (χ1) is 9.18. The molecule has 0 aromatic rings. The first-order valence-corrected chi connectivity index (χ1v) is 7.36. The number of aliphatic carboxylic acids is 1. The normalized spacial score (nSPS) is 28.6. The van der Waals surface area contributed by atoms with E-state index < -0.39 is 11.9 Å². The van der Waals surface area contributed by atoms with Gasteiger partial charge in [-0.25, -0.2) is 0 Å². The van der Waals surface area contributed by atoms with Crippen LogP contribution in [0.1, 0.15) is 51.4 Å². The Morgan fingerprint density at radius 1 is 1.00 bits per heavy atom. The van der Waals surface area contributed by atoms with Crippen LogP contribution in [0.2, 0.25) is 0 Å². The van der Waals surface area contributed by atoms with Gasteiger partial charge >= 0.3 is 5.97 Å². The molecule has 1 fully saturated rings. The van der Waals surface area contributed by atoms with E-state index >= 15 is 0 Å². The van der Waals surface area contributed by atoms with Crippen LogP contribution in [-0.4, -0.2) is 23.0 Å². The highest BCUT2D eigenvalue weighted by atomic mass is 16.4. The highest BCUT2D eigenvalue weighted by molar-refractivity contribution is 5.81. The molecule has 2 aliphatic rings. The number of carboxylic acid groups (broad SMARTS) is 1. The maximum absolute atomic E-state index is 12.1. The second kappa shape index (κ2) is 6.73. The maximum atomic E-state index is 12.1. The van der Waals surface area contributed by atoms with Gasteiger partial charge in [0.15, 0.2) is 0 Å². The van der Waals surface area contributed by atoms with Crippen LogP contribution in [-0.2, 0) is 9.59 Å². The molecule has 0 bridgehead atoms. The third-order valence-corrected chi connectivity index (χ3v) is 4.29. The quantitative estimate of drug-likeness (QED) is 0.770. The van der Waals surface area contributed by atoms with E-state index in [2.05, 4.69) is 5.32 Å². The van der Waals surface area contributed by atoms with Gasteiger partial charge in [-0.15, -0.1) is 0 Å². The maximum Gasteiger partial charge on any atom is 0.308 e. The van der Waals surface area contributed by atoms with Crippen LogP contribution in [0.15, 0.2) is 12.2 Å². The van der Waals surface area contributed by atoms with Crippen LogP contribution >= 0.6 is 0 Å². The Kier molecular flexibility index (Phi) is 5.00. The molecule has 4 heteroatoms. The lowest BCUT2D eigenvalue weighted by Gasteiger charge is -2.28. The summed E-state index contributed by atoms with van der Waals surface area (Å²) in [6, 6.07) is -0.189. The molecule has 2 aliphatic carbocycles. The molecule has 106 valence electrons. The molecule has 1 saturated carbocycles. The number of carbonyl (C=O) groups is 2. The fraction of sp³-hybridized carbons (Fsp3) is 0.733.